The number of anilines is 1. The standard InChI is InChI=1S/C22H21N7O2/c1-15-3-2-4-16(11-15)18-5-6-29(26-18)21-13-20(28-7-9-30-10-8-28)22-19(25-21)12-17(31-22)14-24-27-23/h2-6,11-13H,7-10,14H2,1H3. The van der Waals surface area contributed by atoms with Crippen molar-refractivity contribution in [3.63, 3.8) is 0 Å². The highest BCUT2D eigenvalue weighted by Gasteiger charge is 2.20. The van der Waals surface area contributed by atoms with Crippen LogP contribution >= 0.6 is 0 Å². The van der Waals surface area contributed by atoms with E-state index in [2.05, 4.69) is 34.0 Å². The Kier molecular flexibility index (Phi) is 5.03. The predicted molar refractivity (Wildman–Crippen MR) is 117 cm³/mol. The molecule has 5 rings (SSSR count). The number of aryl methyl sites for hydroxylation is 1. The number of nitrogens with zero attached hydrogens (tertiary/aromatic N) is 7. The number of furan rings is 1. The molecule has 0 unspecified atom stereocenters. The molecule has 0 aliphatic carbocycles. The van der Waals surface area contributed by atoms with Crippen molar-refractivity contribution in [3.05, 3.63) is 70.4 Å². The van der Waals surface area contributed by atoms with Gasteiger partial charge in [0.1, 0.15) is 11.3 Å². The van der Waals surface area contributed by atoms with Crippen LogP contribution in [0.25, 0.3) is 38.6 Å². The molecule has 1 saturated heterocycles. The summed E-state index contributed by atoms with van der Waals surface area (Å²) >= 11 is 0. The number of hydrogen-bond donors (Lipinski definition) is 0. The molecule has 0 saturated carbocycles. The molecule has 1 aliphatic heterocycles. The number of azide groups is 1. The Labute approximate surface area is 178 Å². The molecule has 156 valence electrons. The van der Waals surface area contributed by atoms with Gasteiger partial charge < -0.3 is 14.1 Å². The molecule has 0 N–H and O–H groups in total. The third kappa shape index (κ3) is 3.84. The summed E-state index contributed by atoms with van der Waals surface area (Å²) in [7, 11) is 0. The minimum absolute atomic E-state index is 0.143. The highest BCUT2D eigenvalue weighted by molar-refractivity contribution is 5.88. The minimum atomic E-state index is 0.143. The van der Waals surface area contributed by atoms with E-state index in [1.807, 2.05) is 36.5 Å². The Hall–Kier alpha value is -3.81. The first kappa shape index (κ1) is 19.2. The van der Waals surface area contributed by atoms with Crippen molar-refractivity contribution in [2.24, 2.45) is 5.11 Å². The second kappa shape index (κ2) is 8.14. The van der Waals surface area contributed by atoms with Gasteiger partial charge in [-0.25, -0.2) is 9.67 Å². The summed E-state index contributed by atoms with van der Waals surface area (Å²) in [6.07, 6.45) is 1.91. The molecule has 9 nitrogen and oxygen atoms in total. The summed E-state index contributed by atoms with van der Waals surface area (Å²) in [5.74, 6) is 1.27. The first-order valence-corrected chi connectivity index (χ1v) is 10.1. The molecule has 4 aromatic rings. The maximum atomic E-state index is 8.63. The molecule has 0 bridgehead atoms. The third-order valence-corrected chi connectivity index (χ3v) is 5.28. The molecule has 3 aromatic heterocycles. The van der Waals surface area contributed by atoms with E-state index in [1.54, 1.807) is 4.68 Å². The topological polar surface area (TPSA) is 105 Å². The summed E-state index contributed by atoms with van der Waals surface area (Å²) < 4.78 is 13.3. The van der Waals surface area contributed by atoms with Crippen LogP contribution in [0.1, 0.15) is 11.3 Å². The van der Waals surface area contributed by atoms with E-state index in [4.69, 9.17) is 24.8 Å². The van der Waals surface area contributed by atoms with Crippen LogP contribution in [0.5, 0.6) is 0 Å². The van der Waals surface area contributed by atoms with Gasteiger partial charge in [0, 0.05) is 41.9 Å². The van der Waals surface area contributed by atoms with Gasteiger partial charge in [-0.1, -0.05) is 28.9 Å². The Morgan fingerprint density at radius 2 is 2.03 bits per heavy atom. The van der Waals surface area contributed by atoms with Crippen LogP contribution in [0.15, 0.2) is 58.2 Å². The SMILES string of the molecule is Cc1cccc(-c2ccn(-c3cc(N4CCOCC4)c4oc(CN=[N+]=[N-])cc4n3)n2)c1. The van der Waals surface area contributed by atoms with E-state index >= 15 is 0 Å². The zero-order valence-corrected chi connectivity index (χ0v) is 17.1. The first-order valence-electron chi connectivity index (χ1n) is 10.1. The summed E-state index contributed by atoms with van der Waals surface area (Å²) in [4.78, 5) is 9.81. The second-order valence-corrected chi connectivity index (χ2v) is 7.43. The van der Waals surface area contributed by atoms with E-state index in [1.165, 1.54) is 5.56 Å². The third-order valence-electron chi connectivity index (χ3n) is 5.28. The number of ether oxygens (including phenoxy) is 1. The Balaban J connectivity index is 1.59. The lowest BCUT2D eigenvalue weighted by Crippen LogP contribution is -2.36. The molecule has 1 aromatic carbocycles. The second-order valence-electron chi connectivity index (χ2n) is 7.43. The quantitative estimate of drug-likeness (QED) is 0.268. The van der Waals surface area contributed by atoms with Gasteiger partial charge in [0.15, 0.2) is 11.4 Å². The van der Waals surface area contributed by atoms with Crippen LogP contribution < -0.4 is 4.90 Å². The number of hydrogen-bond acceptors (Lipinski definition) is 6. The van der Waals surface area contributed by atoms with Crippen LogP contribution in [0.4, 0.5) is 5.69 Å². The smallest absolute Gasteiger partial charge is 0.176 e. The molecular formula is C22H21N7O2. The van der Waals surface area contributed by atoms with Crippen molar-refractivity contribution in [3.8, 4) is 17.1 Å². The van der Waals surface area contributed by atoms with Crippen molar-refractivity contribution in [2.45, 2.75) is 13.5 Å². The molecule has 0 amide bonds. The fraction of sp³-hybridized carbons (Fsp3) is 0.273. The van der Waals surface area contributed by atoms with Gasteiger partial charge in [0.2, 0.25) is 0 Å². The number of benzene rings is 1. The lowest BCUT2D eigenvalue weighted by atomic mass is 10.1. The average molecular weight is 415 g/mol. The van der Waals surface area contributed by atoms with Gasteiger partial charge in [-0.05, 0) is 24.6 Å². The molecule has 0 spiro atoms. The largest absolute Gasteiger partial charge is 0.457 e. The molecule has 4 heterocycles. The van der Waals surface area contributed by atoms with E-state index in [0.29, 0.717) is 35.9 Å². The molecule has 0 radical (unpaired) electrons. The van der Waals surface area contributed by atoms with Gasteiger partial charge in [0.25, 0.3) is 0 Å². The Morgan fingerprint density at radius 1 is 1.16 bits per heavy atom. The molecular weight excluding hydrogens is 394 g/mol. The minimum Gasteiger partial charge on any atom is -0.457 e. The summed E-state index contributed by atoms with van der Waals surface area (Å²) in [5.41, 5.74) is 14.1. The summed E-state index contributed by atoms with van der Waals surface area (Å²) in [6, 6.07) is 14.0. The maximum Gasteiger partial charge on any atom is 0.176 e. The monoisotopic (exact) mass is 415 g/mol. The van der Waals surface area contributed by atoms with Crippen LogP contribution in [-0.4, -0.2) is 41.1 Å². The van der Waals surface area contributed by atoms with E-state index < -0.39 is 0 Å². The van der Waals surface area contributed by atoms with Crippen LogP contribution in [0, 0.1) is 6.92 Å². The Bertz CT molecular complexity index is 1280. The van der Waals surface area contributed by atoms with Crippen molar-refractivity contribution in [1.29, 1.82) is 0 Å². The normalized spacial score (nSPS) is 14.0. The van der Waals surface area contributed by atoms with E-state index in [-0.39, 0.29) is 6.54 Å². The summed E-state index contributed by atoms with van der Waals surface area (Å²) in [6.45, 7) is 5.05. The first-order chi connectivity index (χ1) is 15.2. The van der Waals surface area contributed by atoms with E-state index in [9.17, 15) is 0 Å². The van der Waals surface area contributed by atoms with Gasteiger partial charge in [-0.3, -0.25) is 0 Å². The number of pyridine rings is 1. The highest BCUT2D eigenvalue weighted by Crippen LogP contribution is 2.32. The number of fused-ring (bicyclic) bond motifs is 1. The van der Waals surface area contributed by atoms with E-state index in [0.717, 1.165) is 30.0 Å². The van der Waals surface area contributed by atoms with Crippen LogP contribution in [0.3, 0.4) is 0 Å². The van der Waals surface area contributed by atoms with Gasteiger partial charge in [0.05, 0.1) is 31.1 Å². The molecule has 31 heavy (non-hydrogen) atoms. The molecule has 0 atom stereocenters. The Morgan fingerprint density at radius 3 is 2.84 bits per heavy atom. The maximum absolute atomic E-state index is 8.63. The van der Waals surface area contributed by atoms with Crippen molar-refractivity contribution in [2.75, 3.05) is 31.2 Å². The molecule has 1 fully saturated rings. The van der Waals surface area contributed by atoms with Gasteiger partial charge in [-0.2, -0.15) is 5.10 Å². The fourth-order valence-electron chi connectivity index (χ4n) is 3.79. The van der Waals surface area contributed by atoms with Crippen LogP contribution in [0.2, 0.25) is 0 Å². The molecule has 1 aliphatic rings. The molecule has 9 heteroatoms. The van der Waals surface area contributed by atoms with Gasteiger partial charge in [-0.15, -0.1) is 0 Å². The highest BCUT2D eigenvalue weighted by atomic mass is 16.5. The fourth-order valence-corrected chi connectivity index (χ4v) is 3.79. The van der Waals surface area contributed by atoms with Crippen molar-refractivity contribution >= 4 is 16.8 Å². The van der Waals surface area contributed by atoms with Crippen molar-refractivity contribution in [1.82, 2.24) is 14.8 Å². The summed E-state index contributed by atoms with van der Waals surface area (Å²) in [5, 5.41) is 8.37. The van der Waals surface area contributed by atoms with Crippen molar-refractivity contribution < 1.29 is 9.15 Å². The van der Waals surface area contributed by atoms with Crippen LogP contribution in [-0.2, 0) is 11.3 Å². The lowest BCUT2D eigenvalue weighted by molar-refractivity contribution is 0.122. The lowest BCUT2D eigenvalue weighted by Gasteiger charge is -2.28. The number of morpholine rings is 1. The average Bonchev–Trinajstić information content (AvgIpc) is 3.45. The number of aromatic nitrogens is 3. The predicted octanol–water partition coefficient (Wildman–Crippen LogP) is 4.64. The zero-order chi connectivity index (χ0) is 21.2. The van der Waals surface area contributed by atoms with Gasteiger partial charge >= 0.3 is 0 Å². The number of rotatable bonds is 5. The zero-order valence-electron chi connectivity index (χ0n) is 17.1.